The summed E-state index contributed by atoms with van der Waals surface area (Å²) in [7, 11) is 1.64. The number of aromatic carboxylic acids is 1. The molecule has 0 bridgehead atoms. The number of hydrogen-bond donors (Lipinski definition) is 2. The molecule has 0 amide bonds. The second kappa shape index (κ2) is 6.90. The van der Waals surface area contributed by atoms with E-state index in [1.54, 1.807) is 19.2 Å². The maximum Gasteiger partial charge on any atom is 0.335 e. The standard InChI is InChI=1S/C17H19NO3/c1-21-16-8-6-13(7-9-16)15(11-18)10-12-2-4-14(5-3-12)17(19)20/h2-9,15H,10-11,18H2,1H3,(H,19,20). The number of carboxylic acid groups (broad SMARTS) is 1. The van der Waals surface area contributed by atoms with Gasteiger partial charge in [0.05, 0.1) is 12.7 Å². The molecule has 110 valence electrons. The zero-order valence-corrected chi connectivity index (χ0v) is 12.0. The predicted octanol–water partition coefficient (Wildman–Crippen LogP) is 2.68. The Kier molecular flexibility index (Phi) is 4.95. The van der Waals surface area contributed by atoms with Crippen LogP contribution >= 0.6 is 0 Å². The van der Waals surface area contributed by atoms with Gasteiger partial charge in [-0.2, -0.15) is 0 Å². The number of nitrogens with two attached hydrogens (primary N) is 1. The molecular formula is C17H19NO3. The van der Waals surface area contributed by atoms with E-state index in [9.17, 15) is 4.79 Å². The van der Waals surface area contributed by atoms with Gasteiger partial charge in [-0.25, -0.2) is 4.79 Å². The lowest BCUT2D eigenvalue weighted by Crippen LogP contribution is -2.15. The van der Waals surface area contributed by atoms with Crippen molar-refractivity contribution in [2.24, 2.45) is 5.73 Å². The second-order valence-corrected chi connectivity index (χ2v) is 4.91. The Morgan fingerprint density at radius 3 is 2.24 bits per heavy atom. The van der Waals surface area contributed by atoms with Crippen molar-refractivity contribution in [1.29, 1.82) is 0 Å². The number of methoxy groups -OCH3 is 1. The Hall–Kier alpha value is -2.33. The zero-order valence-electron chi connectivity index (χ0n) is 12.0. The van der Waals surface area contributed by atoms with E-state index in [1.807, 2.05) is 36.4 Å². The topological polar surface area (TPSA) is 72.5 Å². The van der Waals surface area contributed by atoms with Gasteiger partial charge in [-0.1, -0.05) is 24.3 Å². The molecule has 4 nitrogen and oxygen atoms in total. The lowest BCUT2D eigenvalue weighted by molar-refractivity contribution is 0.0697. The van der Waals surface area contributed by atoms with Crippen LogP contribution in [-0.4, -0.2) is 24.7 Å². The summed E-state index contributed by atoms with van der Waals surface area (Å²) < 4.78 is 5.15. The molecule has 0 heterocycles. The summed E-state index contributed by atoms with van der Waals surface area (Å²) in [5.41, 5.74) is 8.40. The third kappa shape index (κ3) is 3.83. The first-order valence-electron chi connectivity index (χ1n) is 6.80. The molecule has 2 aromatic carbocycles. The molecule has 0 aliphatic rings. The van der Waals surface area contributed by atoms with Gasteiger partial charge in [0.15, 0.2) is 0 Å². The summed E-state index contributed by atoms with van der Waals surface area (Å²) in [6, 6.07) is 14.8. The molecule has 2 aromatic rings. The second-order valence-electron chi connectivity index (χ2n) is 4.91. The highest BCUT2D eigenvalue weighted by atomic mass is 16.5. The molecule has 1 atom stereocenters. The lowest BCUT2D eigenvalue weighted by atomic mass is 9.91. The zero-order chi connectivity index (χ0) is 15.2. The average Bonchev–Trinajstić information content (AvgIpc) is 2.53. The van der Waals surface area contributed by atoms with Crippen molar-refractivity contribution >= 4 is 5.97 Å². The smallest absolute Gasteiger partial charge is 0.335 e. The fourth-order valence-electron chi connectivity index (χ4n) is 2.28. The van der Waals surface area contributed by atoms with E-state index in [1.165, 1.54) is 0 Å². The van der Waals surface area contributed by atoms with E-state index in [-0.39, 0.29) is 5.92 Å². The van der Waals surface area contributed by atoms with Gasteiger partial charge in [-0.3, -0.25) is 0 Å². The van der Waals surface area contributed by atoms with Gasteiger partial charge < -0.3 is 15.6 Å². The third-order valence-corrected chi connectivity index (χ3v) is 3.55. The predicted molar refractivity (Wildman–Crippen MR) is 81.9 cm³/mol. The first-order valence-corrected chi connectivity index (χ1v) is 6.80. The number of ether oxygens (including phenoxy) is 1. The highest BCUT2D eigenvalue weighted by Gasteiger charge is 2.11. The fraction of sp³-hybridized carbons (Fsp3) is 0.235. The number of rotatable bonds is 6. The quantitative estimate of drug-likeness (QED) is 0.856. The van der Waals surface area contributed by atoms with Gasteiger partial charge in [-0.15, -0.1) is 0 Å². The largest absolute Gasteiger partial charge is 0.497 e. The maximum atomic E-state index is 10.8. The minimum absolute atomic E-state index is 0.201. The van der Waals surface area contributed by atoms with E-state index >= 15 is 0 Å². The third-order valence-electron chi connectivity index (χ3n) is 3.55. The highest BCUT2D eigenvalue weighted by molar-refractivity contribution is 5.87. The molecule has 0 aromatic heterocycles. The van der Waals surface area contributed by atoms with E-state index in [4.69, 9.17) is 15.6 Å². The Morgan fingerprint density at radius 2 is 1.76 bits per heavy atom. The number of benzene rings is 2. The molecule has 21 heavy (non-hydrogen) atoms. The molecule has 0 saturated carbocycles. The number of carbonyl (C=O) groups is 1. The Bertz CT molecular complexity index is 590. The van der Waals surface area contributed by atoms with Crippen molar-refractivity contribution in [1.82, 2.24) is 0 Å². The molecule has 0 aliphatic heterocycles. The van der Waals surface area contributed by atoms with Crippen LogP contribution in [0.4, 0.5) is 0 Å². The first kappa shape index (κ1) is 15.1. The minimum atomic E-state index is -0.910. The first-order chi connectivity index (χ1) is 10.1. The van der Waals surface area contributed by atoms with Crippen LogP contribution in [-0.2, 0) is 6.42 Å². The number of carboxylic acids is 1. The van der Waals surface area contributed by atoms with Crippen LogP contribution in [0.2, 0.25) is 0 Å². The lowest BCUT2D eigenvalue weighted by Gasteiger charge is -2.16. The van der Waals surface area contributed by atoms with E-state index in [0.717, 1.165) is 23.3 Å². The average molecular weight is 285 g/mol. The van der Waals surface area contributed by atoms with Crippen molar-refractivity contribution in [3.05, 3.63) is 65.2 Å². The van der Waals surface area contributed by atoms with Crippen molar-refractivity contribution < 1.29 is 14.6 Å². The fourth-order valence-corrected chi connectivity index (χ4v) is 2.28. The maximum absolute atomic E-state index is 10.8. The van der Waals surface area contributed by atoms with Crippen LogP contribution in [0.1, 0.15) is 27.4 Å². The molecule has 0 radical (unpaired) electrons. The summed E-state index contributed by atoms with van der Waals surface area (Å²) in [4.78, 5) is 10.8. The molecule has 0 fully saturated rings. The summed E-state index contributed by atoms with van der Waals surface area (Å²) in [6.07, 6.45) is 0.780. The van der Waals surface area contributed by atoms with Gasteiger partial charge in [0.25, 0.3) is 0 Å². The van der Waals surface area contributed by atoms with Gasteiger partial charge in [0.2, 0.25) is 0 Å². The van der Waals surface area contributed by atoms with E-state index in [2.05, 4.69) is 0 Å². The normalized spacial score (nSPS) is 11.9. The van der Waals surface area contributed by atoms with E-state index < -0.39 is 5.97 Å². The molecule has 1 unspecified atom stereocenters. The summed E-state index contributed by atoms with van der Waals surface area (Å²) >= 11 is 0. The Labute approximate surface area is 124 Å². The van der Waals surface area contributed by atoms with Crippen LogP contribution in [0, 0.1) is 0 Å². The number of hydrogen-bond acceptors (Lipinski definition) is 3. The minimum Gasteiger partial charge on any atom is -0.497 e. The summed E-state index contributed by atoms with van der Waals surface area (Å²) in [5, 5.41) is 8.90. The van der Waals surface area contributed by atoms with E-state index in [0.29, 0.717) is 12.1 Å². The van der Waals surface area contributed by atoms with Crippen LogP contribution in [0.15, 0.2) is 48.5 Å². The molecule has 0 spiro atoms. The van der Waals surface area contributed by atoms with Crippen molar-refractivity contribution in [2.45, 2.75) is 12.3 Å². The molecule has 0 aliphatic carbocycles. The summed E-state index contributed by atoms with van der Waals surface area (Å²) in [6.45, 7) is 0.535. The highest BCUT2D eigenvalue weighted by Crippen LogP contribution is 2.22. The van der Waals surface area contributed by atoms with Crippen LogP contribution < -0.4 is 10.5 Å². The monoisotopic (exact) mass is 285 g/mol. The Balaban J connectivity index is 2.12. The van der Waals surface area contributed by atoms with Gasteiger partial charge in [0.1, 0.15) is 5.75 Å². The molecule has 2 rings (SSSR count). The molecular weight excluding hydrogens is 266 g/mol. The van der Waals surface area contributed by atoms with Crippen LogP contribution in [0.25, 0.3) is 0 Å². The summed E-state index contributed by atoms with van der Waals surface area (Å²) in [5.74, 6) is 0.110. The van der Waals surface area contributed by atoms with Crippen LogP contribution in [0.3, 0.4) is 0 Å². The van der Waals surface area contributed by atoms with Gasteiger partial charge >= 0.3 is 5.97 Å². The molecule has 4 heteroatoms. The van der Waals surface area contributed by atoms with Crippen molar-refractivity contribution in [3.8, 4) is 5.75 Å². The van der Waals surface area contributed by atoms with Gasteiger partial charge in [0, 0.05) is 5.92 Å². The molecule has 3 N–H and O–H groups in total. The van der Waals surface area contributed by atoms with Crippen molar-refractivity contribution in [2.75, 3.05) is 13.7 Å². The molecule has 0 saturated heterocycles. The SMILES string of the molecule is COc1ccc(C(CN)Cc2ccc(C(=O)O)cc2)cc1. The van der Waals surface area contributed by atoms with Crippen molar-refractivity contribution in [3.63, 3.8) is 0 Å². The van der Waals surface area contributed by atoms with Gasteiger partial charge in [-0.05, 0) is 48.4 Å². The Morgan fingerprint density at radius 1 is 1.14 bits per heavy atom. The van der Waals surface area contributed by atoms with Crippen LogP contribution in [0.5, 0.6) is 5.75 Å².